The molecular formula is C21H30N2O3. The second-order valence-electron chi connectivity index (χ2n) is 7.32. The van der Waals surface area contributed by atoms with E-state index >= 15 is 0 Å². The molecule has 5 nitrogen and oxygen atoms in total. The highest BCUT2D eigenvalue weighted by Gasteiger charge is 2.24. The predicted molar refractivity (Wildman–Crippen MR) is 101 cm³/mol. The molecule has 1 aromatic rings. The molecule has 1 aromatic carbocycles. The summed E-state index contributed by atoms with van der Waals surface area (Å²) < 4.78 is 5.02. The number of carbonyl (C=O) groups is 2. The Labute approximate surface area is 156 Å². The van der Waals surface area contributed by atoms with Crippen molar-refractivity contribution in [1.29, 1.82) is 0 Å². The van der Waals surface area contributed by atoms with E-state index in [-0.39, 0.29) is 12.0 Å². The Balaban J connectivity index is 1.48. The molecule has 26 heavy (non-hydrogen) atoms. The molecule has 2 aliphatic rings. The lowest BCUT2D eigenvalue weighted by atomic mass is 9.84. The van der Waals surface area contributed by atoms with Crippen molar-refractivity contribution in [3.05, 3.63) is 35.4 Å². The van der Waals surface area contributed by atoms with Gasteiger partial charge in [-0.3, -0.25) is 4.79 Å². The minimum atomic E-state index is -0.280. The quantitative estimate of drug-likeness (QED) is 0.827. The fraction of sp³-hybridized carbons (Fsp3) is 0.619. The van der Waals surface area contributed by atoms with Crippen molar-refractivity contribution in [3.8, 4) is 0 Å². The van der Waals surface area contributed by atoms with Crippen LogP contribution in [0.25, 0.3) is 0 Å². The van der Waals surface area contributed by atoms with Crippen molar-refractivity contribution >= 4 is 12.0 Å². The number of hydrogen-bond acceptors (Lipinski definition) is 3. The van der Waals surface area contributed by atoms with Gasteiger partial charge in [-0.15, -0.1) is 0 Å². The zero-order chi connectivity index (χ0) is 18.4. The average Bonchev–Trinajstić information content (AvgIpc) is 2.69. The summed E-state index contributed by atoms with van der Waals surface area (Å²) in [5.41, 5.74) is 2.49. The van der Waals surface area contributed by atoms with Gasteiger partial charge in [0, 0.05) is 26.2 Å². The number of hydrogen-bond donors (Lipinski definition) is 0. The molecular weight excluding hydrogens is 328 g/mol. The molecule has 1 saturated heterocycles. The first-order valence-corrected chi connectivity index (χ1v) is 9.95. The highest BCUT2D eigenvalue weighted by Crippen LogP contribution is 2.32. The second-order valence-corrected chi connectivity index (χ2v) is 7.32. The molecule has 1 aliphatic heterocycles. The lowest BCUT2D eigenvalue weighted by Crippen LogP contribution is -2.51. The smallest absolute Gasteiger partial charge is 0.409 e. The van der Waals surface area contributed by atoms with Crippen LogP contribution in [0.4, 0.5) is 4.79 Å². The molecule has 2 fully saturated rings. The maximum Gasteiger partial charge on any atom is 0.409 e. The van der Waals surface area contributed by atoms with E-state index in [1.54, 1.807) is 11.8 Å². The van der Waals surface area contributed by atoms with Crippen LogP contribution in [0.2, 0.25) is 0 Å². The zero-order valence-corrected chi connectivity index (χ0v) is 15.8. The van der Waals surface area contributed by atoms with Crippen LogP contribution in [0.3, 0.4) is 0 Å². The van der Waals surface area contributed by atoms with Crippen LogP contribution in [0.15, 0.2) is 24.3 Å². The van der Waals surface area contributed by atoms with Crippen LogP contribution < -0.4 is 0 Å². The van der Waals surface area contributed by atoms with Gasteiger partial charge in [-0.2, -0.15) is 0 Å². The van der Waals surface area contributed by atoms with E-state index in [2.05, 4.69) is 24.3 Å². The lowest BCUT2D eigenvalue weighted by Gasteiger charge is -2.34. The van der Waals surface area contributed by atoms with Gasteiger partial charge in [0.2, 0.25) is 5.91 Å². The van der Waals surface area contributed by atoms with E-state index in [9.17, 15) is 9.59 Å². The van der Waals surface area contributed by atoms with Gasteiger partial charge in [0.05, 0.1) is 13.0 Å². The number of ether oxygens (including phenoxy) is 1. The third kappa shape index (κ3) is 4.77. The zero-order valence-electron chi connectivity index (χ0n) is 15.8. The lowest BCUT2D eigenvalue weighted by molar-refractivity contribution is -0.132. The maximum absolute atomic E-state index is 12.5. The van der Waals surface area contributed by atoms with Crippen LogP contribution in [0.5, 0.6) is 0 Å². The minimum Gasteiger partial charge on any atom is -0.450 e. The van der Waals surface area contributed by atoms with Crippen LogP contribution in [0, 0.1) is 0 Å². The number of benzene rings is 1. The fourth-order valence-electron chi connectivity index (χ4n) is 3.98. The van der Waals surface area contributed by atoms with E-state index in [0.717, 1.165) is 5.56 Å². The summed E-state index contributed by atoms with van der Waals surface area (Å²) in [7, 11) is 0. The molecule has 1 saturated carbocycles. The second kappa shape index (κ2) is 9.06. The maximum atomic E-state index is 12.5. The molecule has 0 atom stereocenters. The summed E-state index contributed by atoms with van der Waals surface area (Å²) >= 11 is 0. The molecule has 0 aromatic heterocycles. The number of rotatable bonds is 4. The molecule has 0 unspecified atom stereocenters. The highest BCUT2D eigenvalue weighted by molar-refractivity contribution is 5.79. The first-order valence-electron chi connectivity index (χ1n) is 9.95. The molecule has 2 amide bonds. The van der Waals surface area contributed by atoms with E-state index in [0.29, 0.717) is 45.1 Å². The number of piperazine rings is 1. The Kier molecular flexibility index (Phi) is 6.53. The van der Waals surface area contributed by atoms with Crippen molar-refractivity contribution in [2.75, 3.05) is 32.8 Å². The standard InChI is InChI=1S/C21H30N2O3/c1-2-26-21(25)23-14-12-22(13-15-23)20(24)16-17-8-10-19(11-9-17)18-6-4-3-5-7-18/h8-11,18H,2-7,12-16H2,1H3. The van der Waals surface area contributed by atoms with Crippen molar-refractivity contribution < 1.29 is 14.3 Å². The molecule has 5 heteroatoms. The van der Waals surface area contributed by atoms with Gasteiger partial charge >= 0.3 is 6.09 Å². The Morgan fingerprint density at radius 2 is 1.58 bits per heavy atom. The van der Waals surface area contributed by atoms with E-state index in [1.165, 1.54) is 37.7 Å². The fourth-order valence-corrected chi connectivity index (χ4v) is 3.98. The molecule has 142 valence electrons. The molecule has 0 N–H and O–H groups in total. The summed E-state index contributed by atoms with van der Waals surface area (Å²) in [5, 5.41) is 0. The van der Waals surface area contributed by atoms with Crippen LogP contribution in [0.1, 0.15) is 56.1 Å². The Morgan fingerprint density at radius 3 is 2.19 bits per heavy atom. The molecule has 1 heterocycles. The molecule has 3 rings (SSSR count). The Hall–Kier alpha value is -2.04. The first-order chi connectivity index (χ1) is 12.7. The SMILES string of the molecule is CCOC(=O)N1CCN(C(=O)Cc2ccc(C3CCCCC3)cc2)CC1. The van der Waals surface area contributed by atoms with Crippen LogP contribution >= 0.6 is 0 Å². The van der Waals surface area contributed by atoms with Crippen LogP contribution in [-0.4, -0.2) is 54.6 Å². The van der Waals surface area contributed by atoms with Crippen molar-refractivity contribution in [3.63, 3.8) is 0 Å². The average molecular weight is 358 g/mol. The summed E-state index contributed by atoms with van der Waals surface area (Å²) in [4.78, 5) is 27.8. The summed E-state index contributed by atoms with van der Waals surface area (Å²) in [6.07, 6.45) is 6.78. The Bertz CT molecular complexity index is 600. The van der Waals surface area contributed by atoms with Gasteiger partial charge in [0.25, 0.3) is 0 Å². The number of nitrogens with zero attached hydrogens (tertiary/aromatic N) is 2. The molecule has 0 radical (unpaired) electrons. The highest BCUT2D eigenvalue weighted by atomic mass is 16.6. The van der Waals surface area contributed by atoms with E-state index in [4.69, 9.17) is 4.74 Å². The van der Waals surface area contributed by atoms with Gasteiger partial charge in [-0.25, -0.2) is 4.79 Å². The van der Waals surface area contributed by atoms with Crippen molar-refractivity contribution in [1.82, 2.24) is 9.80 Å². The van der Waals surface area contributed by atoms with Crippen molar-refractivity contribution in [2.24, 2.45) is 0 Å². The van der Waals surface area contributed by atoms with Crippen molar-refractivity contribution in [2.45, 2.75) is 51.4 Å². The van der Waals surface area contributed by atoms with Gasteiger partial charge in [0.1, 0.15) is 0 Å². The van der Waals surface area contributed by atoms with Gasteiger partial charge < -0.3 is 14.5 Å². The summed E-state index contributed by atoms with van der Waals surface area (Å²) in [5.74, 6) is 0.836. The molecule has 0 bridgehead atoms. The van der Waals surface area contributed by atoms with E-state index in [1.807, 2.05) is 4.90 Å². The largest absolute Gasteiger partial charge is 0.450 e. The first kappa shape index (κ1) is 18.7. The number of amides is 2. The number of carbonyl (C=O) groups excluding carboxylic acids is 2. The predicted octanol–water partition coefficient (Wildman–Crippen LogP) is 3.58. The van der Waals surface area contributed by atoms with Gasteiger partial charge in [0.15, 0.2) is 0 Å². The minimum absolute atomic E-state index is 0.138. The third-order valence-corrected chi connectivity index (χ3v) is 5.57. The third-order valence-electron chi connectivity index (χ3n) is 5.57. The summed E-state index contributed by atoms with van der Waals surface area (Å²) in [6, 6.07) is 8.63. The van der Waals surface area contributed by atoms with Crippen LogP contribution in [-0.2, 0) is 16.0 Å². The van der Waals surface area contributed by atoms with Gasteiger partial charge in [-0.1, -0.05) is 43.5 Å². The van der Waals surface area contributed by atoms with Gasteiger partial charge in [-0.05, 0) is 36.8 Å². The Morgan fingerprint density at radius 1 is 0.962 bits per heavy atom. The normalized spacial score (nSPS) is 18.7. The summed E-state index contributed by atoms with van der Waals surface area (Å²) in [6.45, 7) is 4.44. The molecule has 1 aliphatic carbocycles. The monoisotopic (exact) mass is 358 g/mol. The topological polar surface area (TPSA) is 49.9 Å². The molecule has 0 spiro atoms. The van der Waals surface area contributed by atoms with E-state index < -0.39 is 0 Å².